The van der Waals surface area contributed by atoms with Gasteiger partial charge in [0.15, 0.2) is 5.96 Å². The Hall–Kier alpha value is -1.19. The SMILES string of the molecule is CN=C(NCCCOc1ccc(Cl)cc1Cl)NCc1c(C)nn(C)c1C.I. The molecule has 0 unspecified atom stereocenters. The molecule has 0 spiro atoms. The summed E-state index contributed by atoms with van der Waals surface area (Å²) >= 11 is 12.0. The molecule has 1 aromatic carbocycles. The minimum absolute atomic E-state index is 0. The fourth-order valence-electron chi connectivity index (χ4n) is 2.52. The van der Waals surface area contributed by atoms with E-state index in [1.807, 2.05) is 18.7 Å². The number of aryl methyl sites for hydroxylation is 2. The standard InChI is InChI=1S/C18H25Cl2N5O.HI/c1-12-15(13(2)25(4)24-12)11-23-18(21-3)22-8-5-9-26-17-7-6-14(19)10-16(17)20;/h6-7,10H,5,8-9,11H2,1-4H3,(H2,21,22,23);1H. The number of guanidine groups is 1. The topological polar surface area (TPSA) is 63.5 Å². The summed E-state index contributed by atoms with van der Waals surface area (Å²) in [5, 5.41) is 12.1. The van der Waals surface area contributed by atoms with Gasteiger partial charge in [0.1, 0.15) is 5.75 Å². The Bertz CT molecular complexity index is 779. The maximum absolute atomic E-state index is 6.08. The molecule has 2 N–H and O–H groups in total. The Morgan fingerprint density at radius 2 is 2.00 bits per heavy atom. The van der Waals surface area contributed by atoms with Gasteiger partial charge in [0.2, 0.25) is 0 Å². The Morgan fingerprint density at radius 1 is 1.26 bits per heavy atom. The van der Waals surface area contributed by atoms with Crippen LogP contribution < -0.4 is 15.4 Å². The van der Waals surface area contributed by atoms with Crippen molar-refractivity contribution in [2.24, 2.45) is 12.0 Å². The highest BCUT2D eigenvalue weighted by molar-refractivity contribution is 14.0. The lowest BCUT2D eigenvalue weighted by Gasteiger charge is -2.13. The van der Waals surface area contributed by atoms with Gasteiger partial charge in [-0.15, -0.1) is 24.0 Å². The predicted octanol–water partition coefficient (Wildman–Crippen LogP) is 4.10. The zero-order valence-corrected chi connectivity index (χ0v) is 19.8. The van der Waals surface area contributed by atoms with Crippen LogP contribution in [0.25, 0.3) is 0 Å². The van der Waals surface area contributed by atoms with Crippen LogP contribution in [0, 0.1) is 13.8 Å². The van der Waals surface area contributed by atoms with Gasteiger partial charge in [0.05, 0.1) is 17.3 Å². The lowest BCUT2D eigenvalue weighted by Crippen LogP contribution is -2.37. The van der Waals surface area contributed by atoms with Crippen molar-refractivity contribution in [1.82, 2.24) is 20.4 Å². The third kappa shape index (κ3) is 7.04. The minimum Gasteiger partial charge on any atom is -0.492 e. The number of benzene rings is 1. The van der Waals surface area contributed by atoms with Crippen molar-refractivity contribution in [2.45, 2.75) is 26.8 Å². The van der Waals surface area contributed by atoms with Gasteiger partial charge in [0.25, 0.3) is 0 Å². The molecule has 1 heterocycles. The number of aliphatic imine (C=N–C) groups is 1. The summed E-state index contributed by atoms with van der Waals surface area (Å²) in [7, 11) is 3.70. The summed E-state index contributed by atoms with van der Waals surface area (Å²) < 4.78 is 7.56. The van der Waals surface area contributed by atoms with Gasteiger partial charge >= 0.3 is 0 Å². The number of rotatable bonds is 7. The zero-order chi connectivity index (χ0) is 19.1. The van der Waals surface area contributed by atoms with Crippen molar-refractivity contribution in [3.63, 3.8) is 0 Å². The van der Waals surface area contributed by atoms with Crippen LogP contribution in [0.5, 0.6) is 5.75 Å². The van der Waals surface area contributed by atoms with E-state index < -0.39 is 0 Å². The molecule has 6 nitrogen and oxygen atoms in total. The van der Waals surface area contributed by atoms with Crippen molar-refractivity contribution >= 4 is 53.1 Å². The smallest absolute Gasteiger partial charge is 0.191 e. The van der Waals surface area contributed by atoms with Gasteiger partial charge in [-0.05, 0) is 38.5 Å². The lowest BCUT2D eigenvalue weighted by atomic mass is 10.2. The fourth-order valence-corrected chi connectivity index (χ4v) is 2.98. The van der Waals surface area contributed by atoms with E-state index in [1.54, 1.807) is 25.2 Å². The molecule has 0 aliphatic rings. The van der Waals surface area contributed by atoms with E-state index in [-0.39, 0.29) is 24.0 Å². The molecule has 0 radical (unpaired) electrons. The monoisotopic (exact) mass is 525 g/mol. The van der Waals surface area contributed by atoms with Crippen LogP contribution >= 0.6 is 47.2 Å². The third-order valence-electron chi connectivity index (χ3n) is 4.08. The summed E-state index contributed by atoms with van der Waals surface area (Å²) in [4.78, 5) is 4.24. The van der Waals surface area contributed by atoms with Gasteiger partial charge < -0.3 is 15.4 Å². The normalized spacial score (nSPS) is 11.1. The summed E-state index contributed by atoms with van der Waals surface area (Å²) in [6.07, 6.45) is 0.810. The van der Waals surface area contributed by atoms with E-state index in [0.29, 0.717) is 28.9 Å². The highest BCUT2D eigenvalue weighted by Crippen LogP contribution is 2.27. The van der Waals surface area contributed by atoms with E-state index in [9.17, 15) is 0 Å². The van der Waals surface area contributed by atoms with E-state index in [4.69, 9.17) is 27.9 Å². The van der Waals surface area contributed by atoms with E-state index >= 15 is 0 Å². The first kappa shape index (κ1) is 23.8. The van der Waals surface area contributed by atoms with Crippen LogP contribution in [0.2, 0.25) is 10.0 Å². The summed E-state index contributed by atoms with van der Waals surface area (Å²) in [6, 6.07) is 5.21. The van der Waals surface area contributed by atoms with E-state index in [1.165, 1.54) is 5.56 Å². The first-order chi connectivity index (χ1) is 12.4. The van der Waals surface area contributed by atoms with Crippen molar-refractivity contribution in [2.75, 3.05) is 20.2 Å². The van der Waals surface area contributed by atoms with Gasteiger partial charge in [-0.25, -0.2) is 0 Å². The average molecular weight is 526 g/mol. The Balaban J connectivity index is 0.00000364. The van der Waals surface area contributed by atoms with Gasteiger partial charge in [-0.3, -0.25) is 9.67 Å². The molecule has 2 aromatic rings. The van der Waals surface area contributed by atoms with Crippen molar-refractivity contribution in [3.05, 3.63) is 45.2 Å². The molecule has 0 fully saturated rings. The number of hydrogen-bond donors (Lipinski definition) is 2. The number of nitrogens with one attached hydrogen (secondary N) is 2. The molecular weight excluding hydrogens is 500 g/mol. The Labute approximate surface area is 187 Å². The number of hydrogen-bond acceptors (Lipinski definition) is 3. The molecule has 0 aliphatic carbocycles. The highest BCUT2D eigenvalue weighted by atomic mass is 127. The van der Waals surface area contributed by atoms with Crippen LogP contribution in [0.4, 0.5) is 0 Å². The molecule has 27 heavy (non-hydrogen) atoms. The molecule has 0 saturated heterocycles. The van der Waals surface area contributed by atoms with E-state index in [0.717, 1.165) is 30.3 Å². The summed E-state index contributed by atoms with van der Waals surface area (Å²) in [6.45, 7) is 6.04. The Morgan fingerprint density at radius 3 is 2.59 bits per heavy atom. The largest absolute Gasteiger partial charge is 0.492 e. The van der Waals surface area contributed by atoms with Gasteiger partial charge in [0, 0.05) is 43.5 Å². The lowest BCUT2D eigenvalue weighted by molar-refractivity contribution is 0.311. The third-order valence-corrected chi connectivity index (χ3v) is 4.61. The van der Waals surface area contributed by atoms with Crippen LogP contribution in [0.1, 0.15) is 23.4 Å². The maximum Gasteiger partial charge on any atom is 0.191 e. The van der Waals surface area contributed by atoms with Crippen LogP contribution in [0.3, 0.4) is 0 Å². The number of halogens is 3. The van der Waals surface area contributed by atoms with Crippen molar-refractivity contribution in [1.29, 1.82) is 0 Å². The first-order valence-corrected chi connectivity index (χ1v) is 9.19. The highest BCUT2D eigenvalue weighted by Gasteiger charge is 2.09. The number of ether oxygens (including phenoxy) is 1. The second-order valence-electron chi connectivity index (χ2n) is 5.90. The van der Waals surface area contributed by atoms with Crippen LogP contribution in [0.15, 0.2) is 23.2 Å². The first-order valence-electron chi connectivity index (χ1n) is 8.43. The maximum atomic E-state index is 6.08. The second kappa shape index (κ2) is 11.6. The molecular formula is C18H26Cl2IN5O. The van der Waals surface area contributed by atoms with E-state index in [2.05, 4.69) is 27.6 Å². The van der Waals surface area contributed by atoms with Gasteiger partial charge in [-0.1, -0.05) is 23.2 Å². The second-order valence-corrected chi connectivity index (χ2v) is 6.75. The quantitative estimate of drug-likeness (QED) is 0.247. The van der Waals surface area contributed by atoms with Crippen LogP contribution in [-0.2, 0) is 13.6 Å². The molecule has 0 aliphatic heterocycles. The fraction of sp³-hybridized carbons (Fsp3) is 0.444. The predicted molar refractivity (Wildman–Crippen MR) is 123 cm³/mol. The molecule has 0 bridgehead atoms. The molecule has 150 valence electrons. The molecule has 0 atom stereocenters. The Kier molecular flexibility index (Phi) is 10.3. The molecule has 1 aromatic heterocycles. The summed E-state index contributed by atoms with van der Waals surface area (Å²) in [5.74, 6) is 1.39. The van der Waals surface area contributed by atoms with Crippen LogP contribution in [-0.4, -0.2) is 35.9 Å². The zero-order valence-electron chi connectivity index (χ0n) is 16.0. The molecule has 2 rings (SSSR count). The number of aromatic nitrogens is 2. The van der Waals surface area contributed by atoms with Crippen molar-refractivity contribution < 1.29 is 4.74 Å². The number of nitrogens with zero attached hydrogens (tertiary/aromatic N) is 3. The molecule has 0 amide bonds. The van der Waals surface area contributed by atoms with Gasteiger partial charge in [-0.2, -0.15) is 5.10 Å². The molecule has 9 heteroatoms. The summed E-state index contributed by atoms with van der Waals surface area (Å²) in [5.41, 5.74) is 3.37. The van der Waals surface area contributed by atoms with Crippen molar-refractivity contribution in [3.8, 4) is 5.75 Å². The minimum atomic E-state index is 0. The average Bonchev–Trinajstić information content (AvgIpc) is 2.84. The molecule has 0 saturated carbocycles.